The number of cyclic esters (lactones) is 1. The third-order valence-corrected chi connectivity index (χ3v) is 6.58. The Balaban J connectivity index is 1.52. The van der Waals surface area contributed by atoms with Crippen LogP contribution in [-0.2, 0) is 9.53 Å². The molecule has 0 aromatic carbocycles. The largest absolute Gasteiger partial charge is 0.462 e. The molecule has 2 heterocycles. The molecule has 1 aliphatic heterocycles. The Morgan fingerprint density at radius 1 is 1.32 bits per heavy atom. The molecular formula is C20H26N2O3. The van der Waals surface area contributed by atoms with Gasteiger partial charge in [-0.2, -0.15) is 0 Å². The smallest absolute Gasteiger partial charge is 0.309 e. The van der Waals surface area contributed by atoms with Crippen molar-refractivity contribution in [2.45, 2.75) is 45.1 Å². The summed E-state index contributed by atoms with van der Waals surface area (Å²) in [5, 5.41) is 3.08. The van der Waals surface area contributed by atoms with Crippen LogP contribution < -0.4 is 5.32 Å². The van der Waals surface area contributed by atoms with E-state index < -0.39 is 0 Å². The Hall–Kier alpha value is -1.91. The summed E-state index contributed by atoms with van der Waals surface area (Å²) in [6.45, 7) is 2.62. The number of hydrogen-bond acceptors (Lipinski definition) is 4. The highest BCUT2D eigenvalue weighted by Crippen LogP contribution is 2.52. The van der Waals surface area contributed by atoms with Gasteiger partial charge >= 0.3 is 5.97 Å². The number of pyridine rings is 1. The van der Waals surface area contributed by atoms with Gasteiger partial charge in [0.25, 0.3) is 5.91 Å². The number of amides is 1. The number of ether oxygens (including phenoxy) is 1. The van der Waals surface area contributed by atoms with Gasteiger partial charge in [0.05, 0.1) is 5.92 Å². The number of rotatable bonds is 3. The lowest BCUT2D eigenvalue weighted by Gasteiger charge is -2.46. The summed E-state index contributed by atoms with van der Waals surface area (Å²) in [5.41, 5.74) is 0.446. The molecule has 3 fully saturated rings. The van der Waals surface area contributed by atoms with E-state index in [2.05, 4.69) is 10.3 Å². The maximum absolute atomic E-state index is 12.4. The van der Waals surface area contributed by atoms with Crippen LogP contribution in [0.25, 0.3) is 0 Å². The van der Waals surface area contributed by atoms with E-state index in [4.69, 9.17) is 4.74 Å². The first-order valence-electron chi connectivity index (χ1n) is 9.55. The summed E-state index contributed by atoms with van der Waals surface area (Å²) in [6.07, 6.45) is 7.50. The highest BCUT2D eigenvalue weighted by molar-refractivity contribution is 5.92. The van der Waals surface area contributed by atoms with E-state index in [1.807, 2.05) is 13.0 Å². The molecule has 3 aliphatic rings. The zero-order valence-corrected chi connectivity index (χ0v) is 14.7. The molecule has 1 aromatic rings. The maximum atomic E-state index is 12.4. The molecule has 4 rings (SSSR count). The Morgan fingerprint density at radius 3 is 2.96 bits per heavy atom. The van der Waals surface area contributed by atoms with Crippen LogP contribution in [0.4, 0.5) is 0 Å². The standard InChI is InChI=1S/C20H26N2O3/c1-12-18-15(20(24)25-12)10-13-6-2-3-7-14(13)16(18)11-22-19(23)17-8-4-5-9-21-17/h4-5,8-9,12-16,18H,2-3,6-7,10-11H2,1H3,(H,22,23)/t12-,13?,14?,15?,16+,18?/m0/s1. The van der Waals surface area contributed by atoms with Crippen molar-refractivity contribution in [3.05, 3.63) is 30.1 Å². The predicted octanol–water partition coefficient (Wildman–Crippen LogP) is 2.82. The quantitative estimate of drug-likeness (QED) is 0.858. The fourth-order valence-electron chi connectivity index (χ4n) is 5.52. The first kappa shape index (κ1) is 16.6. The second-order valence-electron chi connectivity index (χ2n) is 7.86. The van der Waals surface area contributed by atoms with Crippen LogP contribution in [-0.4, -0.2) is 29.5 Å². The predicted molar refractivity (Wildman–Crippen MR) is 92.7 cm³/mol. The highest BCUT2D eigenvalue weighted by atomic mass is 16.6. The molecule has 5 heteroatoms. The van der Waals surface area contributed by atoms with Crippen LogP contribution in [0.5, 0.6) is 0 Å². The Bertz CT molecular complexity index is 648. The normalized spacial score (nSPS) is 36.9. The fourth-order valence-corrected chi connectivity index (χ4v) is 5.52. The van der Waals surface area contributed by atoms with E-state index >= 15 is 0 Å². The number of aromatic nitrogens is 1. The summed E-state index contributed by atoms with van der Waals surface area (Å²) >= 11 is 0. The molecule has 5 nitrogen and oxygen atoms in total. The number of hydrogen-bond donors (Lipinski definition) is 1. The SMILES string of the molecule is C[C@@H]1OC(=O)C2CC3CCCCC3[C@@H](CNC(=O)c3ccccn3)C21. The summed E-state index contributed by atoms with van der Waals surface area (Å²) in [7, 11) is 0. The van der Waals surface area contributed by atoms with Gasteiger partial charge in [-0.05, 0) is 49.7 Å². The van der Waals surface area contributed by atoms with Gasteiger partial charge < -0.3 is 10.1 Å². The molecule has 1 N–H and O–H groups in total. The molecule has 1 amide bonds. The van der Waals surface area contributed by atoms with Crippen LogP contribution in [0.15, 0.2) is 24.4 Å². The Kier molecular flexibility index (Phi) is 4.48. The molecule has 0 spiro atoms. The van der Waals surface area contributed by atoms with E-state index in [-0.39, 0.29) is 29.8 Å². The third-order valence-electron chi connectivity index (χ3n) is 6.58. The Labute approximate surface area is 148 Å². The lowest BCUT2D eigenvalue weighted by Crippen LogP contribution is -2.48. The monoisotopic (exact) mass is 342 g/mol. The minimum Gasteiger partial charge on any atom is -0.462 e. The number of nitrogens with one attached hydrogen (secondary N) is 1. The summed E-state index contributed by atoms with van der Waals surface area (Å²) in [4.78, 5) is 28.8. The number of esters is 1. The summed E-state index contributed by atoms with van der Waals surface area (Å²) < 4.78 is 5.57. The molecule has 134 valence electrons. The van der Waals surface area contributed by atoms with Crippen molar-refractivity contribution in [3.63, 3.8) is 0 Å². The minimum atomic E-state index is -0.132. The summed E-state index contributed by atoms with van der Waals surface area (Å²) in [5.74, 6) is 1.61. The molecule has 4 unspecified atom stereocenters. The first-order valence-corrected chi connectivity index (χ1v) is 9.55. The third kappa shape index (κ3) is 3.05. The average Bonchev–Trinajstić information content (AvgIpc) is 2.93. The maximum Gasteiger partial charge on any atom is 0.309 e. The van der Waals surface area contributed by atoms with Crippen LogP contribution in [0.1, 0.15) is 49.5 Å². The van der Waals surface area contributed by atoms with Gasteiger partial charge in [-0.15, -0.1) is 0 Å². The molecule has 1 saturated heterocycles. The van der Waals surface area contributed by atoms with Crippen molar-refractivity contribution >= 4 is 11.9 Å². The van der Waals surface area contributed by atoms with Crippen LogP contribution in [0.2, 0.25) is 0 Å². The van der Waals surface area contributed by atoms with Gasteiger partial charge in [0.2, 0.25) is 0 Å². The zero-order valence-electron chi connectivity index (χ0n) is 14.7. The number of carbonyl (C=O) groups is 2. The van der Waals surface area contributed by atoms with E-state index in [1.165, 1.54) is 25.7 Å². The van der Waals surface area contributed by atoms with Gasteiger partial charge in [0.15, 0.2) is 0 Å². The lowest BCUT2D eigenvalue weighted by atomic mass is 9.57. The number of nitrogens with zero attached hydrogens (tertiary/aromatic N) is 1. The lowest BCUT2D eigenvalue weighted by molar-refractivity contribution is -0.144. The topological polar surface area (TPSA) is 68.3 Å². The van der Waals surface area contributed by atoms with E-state index in [0.29, 0.717) is 30.0 Å². The van der Waals surface area contributed by atoms with E-state index in [1.54, 1.807) is 18.3 Å². The van der Waals surface area contributed by atoms with Gasteiger partial charge in [-0.25, -0.2) is 0 Å². The van der Waals surface area contributed by atoms with Crippen molar-refractivity contribution in [2.24, 2.45) is 29.6 Å². The average molecular weight is 342 g/mol. The van der Waals surface area contributed by atoms with Gasteiger partial charge in [-0.3, -0.25) is 14.6 Å². The molecule has 2 aliphatic carbocycles. The highest BCUT2D eigenvalue weighted by Gasteiger charge is 2.54. The van der Waals surface area contributed by atoms with Crippen molar-refractivity contribution in [1.29, 1.82) is 0 Å². The fraction of sp³-hybridized carbons (Fsp3) is 0.650. The second kappa shape index (κ2) is 6.77. The van der Waals surface area contributed by atoms with Crippen LogP contribution in [0.3, 0.4) is 0 Å². The minimum absolute atomic E-state index is 0.0195. The molecule has 2 saturated carbocycles. The van der Waals surface area contributed by atoms with Gasteiger partial charge in [-0.1, -0.05) is 25.3 Å². The summed E-state index contributed by atoms with van der Waals surface area (Å²) in [6, 6.07) is 5.35. The number of carbonyl (C=O) groups excluding carboxylic acids is 2. The molecular weight excluding hydrogens is 316 g/mol. The zero-order chi connectivity index (χ0) is 17.4. The van der Waals surface area contributed by atoms with Crippen LogP contribution in [0, 0.1) is 29.6 Å². The van der Waals surface area contributed by atoms with E-state index in [9.17, 15) is 9.59 Å². The van der Waals surface area contributed by atoms with Crippen molar-refractivity contribution < 1.29 is 14.3 Å². The van der Waals surface area contributed by atoms with Crippen molar-refractivity contribution in [1.82, 2.24) is 10.3 Å². The van der Waals surface area contributed by atoms with Gasteiger partial charge in [0, 0.05) is 18.7 Å². The Morgan fingerprint density at radius 2 is 2.16 bits per heavy atom. The van der Waals surface area contributed by atoms with E-state index in [0.717, 1.165) is 6.42 Å². The van der Waals surface area contributed by atoms with Crippen molar-refractivity contribution in [2.75, 3.05) is 6.54 Å². The molecule has 6 atom stereocenters. The molecule has 25 heavy (non-hydrogen) atoms. The van der Waals surface area contributed by atoms with Crippen LogP contribution >= 0.6 is 0 Å². The molecule has 0 bridgehead atoms. The van der Waals surface area contributed by atoms with Gasteiger partial charge in [0.1, 0.15) is 11.8 Å². The molecule has 0 radical (unpaired) electrons. The van der Waals surface area contributed by atoms with Crippen molar-refractivity contribution in [3.8, 4) is 0 Å². The first-order chi connectivity index (χ1) is 12.1. The molecule has 1 aromatic heterocycles. The number of fused-ring (bicyclic) bond motifs is 2. The second-order valence-corrected chi connectivity index (χ2v) is 7.86.